The average molecular weight is 388 g/mol. The van der Waals surface area contributed by atoms with Crippen molar-refractivity contribution in [1.29, 1.82) is 0 Å². The van der Waals surface area contributed by atoms with Crippen molar-refractivity contribution in [3.63, 3.8) is 0 Å². The summed E-state index contributed by atoms with van der Waals surface area (Å²) in [7, 11) is 1.60. The van der Waals surface area contributed by atoms with E-state index >= 15 is 0 Å². The molecule has 0 aliphatic carbocycles. The first kappa shape index (κ1) is 18.2. The van der Waals surface area contributed by atoms with Crippen LogP contribution in [0.25, 0.3) is 0 Å². The van der Waals surface area contributed by atoms with Gasteiger partial charge in [0, 0.05) is 16.4 Å². The van der Waals surface area contributed by atoms with Gasteiger partial charge in [0.25, 0.3) is 5.91 Å². The molecule has 7 heteroatoms. The number of nitrogens with one attached hydrogen (secondary N) is 3. The lowest BCUT2D eigenvalue weighted by atomic mass is 9.94. The number of benzene rings is 2. The molecule has 0 spiro atoms. The van der Waals surface area contributed by atoms with Crippen molar-refractivity contribution in [2.45, 2.75) is 13.0 Å². The van der Waals surface area contributed by atoms with Gasteiger partial charge in [0.05, 0.1) is 18.7 Å². The van der Waals surface area contributed by atoms with Gasteiger partial charge in [-0.25, -0.2) is 0 Å². The highest BCUT2D eigenvalue weighted by molar-refractivity contribution is 7.80. The Hall–Kier alpha value is -2.57. The summed E-state index contributed by atoms with van der Waals surface area (Å²) in [6.45, 7) is 1.83. The largest absolute Gasteiger partial charge is 0.497 e. The van der Waals surface area contributed by atoms with Crippen molar-refractivity contribution in [2.75, 3.05) is 12.4 Å². The Bertz CT molecular complexity index is 898. The summed E-state index contributed by atoms with van der Waals surface area (Å²) < 4.78 is 5.30. The zero-order chi connectivity index (χ0) is 18.7. The van der Waals surface area contributed by atoms with Crippen molar-refractivity contribution in [2.24, 2.45) is 0 Å². The normalized spacial score (nSPS) is 16.6. The average Bonchev–Trinajstić information content (AvgIpc) is 2.61. The van der Waals surface area contributed by atoms with E-state index in [1.807, 2.05) is 31.2 Å². The van der Waals surface area contributed by atoms with Crippen LogP contribution < -0.4 is 20.7 Å². The molecule has 3 rings (SSSR count). The number of rotatable bonds is 4. The third kappa shape index (κ3) is 3.98. The molecule has 0 fully saturated rings. The first-order valence-electron chi connectivity index (χ1n) is 7.97. The number of hydrogen-bond donors (Lipinski definition) is 3. The fourth-order valence-corrected chi connectivity index (χ4v) is 3.29. The highest BCUT2D eigenvalue weighted by Gasteiger charge is 2.30. The summed E-state index contributed by atoms with van der Waals surface area (Å²) in [5.41, 5.74) is 2.75. The molecule has 2 aromatic rings. The van der Waals surface area contributed by atoms with Gasteiger partial charge in [-0.2, -0.15) is 0 Å². The van der Waals surface area contributed by atoms with Crippen LogP contribution in [0.2, 0.25) is 5.02 Å². The topological polar surface area (TPSA) is 62.4 Å². The number of methoxy groups -OCH3 is 1. The molecule has 1 aliphatic heterocycles. The smallest absolute Gasteiger partial charge is 0.255 e. The van der Waals surface area contributed by atoms with E-state index in [0.29, 0.717) is 32.8 Å². The van der Waals surface area contributed by atoms with Crippen LogP contribution in [-0.2, 0) is 4.79 Å². The third-order valence-electron chi connectivity index (χ3n) is 4.02. The Morgan fingerprint density at radius 3 is 2.73 bits per heavy atom. The van der Waals surface area contributed by atoms with Crippen LogP contribution in [0.15, 0.2) is 59.8 Å². The second-order valence-electron chi connectivity index (χ2n) is 5.81. The van der Waals surface area contributed by atoms with Crippen LogP contribution >= 0.6 is 23.8 Å². The van der Waals surface area contributed by atoms with E-state index in [1.165, 1.54) is 0 Å². The van der Waals surface area contributed by atoms with Crippen LogP contribution in [0.4, 0.5) is 5.69 Å². The lowest BCUT2D eigenvalue weighted by Crippen LogP contribution is -2.45. The van der Waals surface area contributed by atoms with Gasteiger partial charge in [0.2, 0.25) is 0 Å². The van der Waals surface area contributed by atoms with Crippen molar-refractivity contribution in [3.8, 4) is 5.75 Å². The van der Waals surface area contributed by atoms with Gasteiger partial charge in [-0.3, -0.25) is 4.79 Å². The molecule has 134 valence electrons. The van der Waals surface area contributed by atoms with Gasteiger partial charge >= 0.3 is 0 Å². The first-order chi connectivity index (χ1) is 12.5. The summed E-state index contributed by atoms with van der Waals surface area (Å²) in [6.07, 6.45) is 0. The predicted molar refractivity (Wildman–Crippen MR) is 107 cm³/mol. The summed E-state index contributed by atoms with van der Waals surface area (Å²) in [5.74, 6) is 0.473. The quantitative estimate of drug-likeness (QED) is 0.697. The number of hydrogen-bond acceptors (Lipinski definition) is 3. The fourth-order valence-electron chi connectivity index (χ4n) is 2.83. The summed E-state index contributed by atoms with van der Waals surface area (Å²) in [4.78, 5) is 13.0. The molecule has 1 amide bonds. The molecular weight excluding hydrogens is 370 g/mol. The van der Waals surface area contributed by atoms with E-state index in [1.54, 1.807) is 31.4 Å². The summed E-state index contributed by atoms with van der Waals surface area (Å²) in [5, 5.41) is 10.1. The zero-order valence-corrected chi connectivity index (χ0v) is 15.9. The van der Waals surface area contributed by atoms with E-state index in [-0.39, 0.29) is 5.91 Å². The molecule has 0 radical (unpaired) electrons. The van der Waals surface area contributed by atoms with E-state index in [4.69, 9.17) is 28.6 Å². The Morgan fingerprint density at radius 2 is 2.00 bits per heavy atom. The zero-order valence-electron chi connectivity index (χ0n) is 14.3. The molecule has 3 N–H and O–H groups in total. The van der Waals surface area contributed by atoms with E-state index in [2.05, 4.69) is 16.0 Å². The molecule has 1 atom stereocenters. The minimum Gasteiger partial charge on any atom is -0.497 e. The van der Waals surface area contributed by atoms with E-state index < -0.39 is 6.04 Å². The molecule has 0 aromatic heterocycles. The van der Waals surface area contributed by atoms with Crippen LogP contribution in [0.3, 0.4) is 0 Å². The van der Waals surface area contributed by atoms with E-state index in [0.717, 1.165) is 5.56 Å². The van der Waals surface area contributed by atoms with Crippen LogP contribution in [0.5, 0.6) is 5.75 Å². The molecule has 1 heterocycles. The Labute approximate surface area is 162 Å². The van der Waals surface area contributed by atoms with Crippen LogP contribution in [0, 0.1) is 0 Å². The number of thiocarbonyl (C=S) groups is 1. The number of amides is 1. The minimum atomic E-state index is -0.391. The fraction of sp³-hybridized carbons (Fsp3) is 0.158. The van der Waals surface area contributed by atoms with Gasteiger partial charge < -0.3 is 20.7 Å². The molecule has 1 aliphatic rings. The number of anilines is 1. The maximum absolute atomic E-state index is 13.0. The summed E-state index contributed by atoms with van der Waals surface area (Å²) in [6, 6.07) is 14.2. The molecule has 0 unspecified atom stereocenters. The number of halogens is 1. The lowest BCUT2D eigenvalue weighted by molar-refractivity contribution is -0.113. The third-order valence-corrected chi connectivity index (χ3v) is 4.48. The number of allylic oxidation sites excluding steroid dienone is 1. The predicted octanol–water partition coefficient (Wildman–Crippen LogP) is 3.78. The van der Waals surface area contributed by atoms with Gasteiger partial charge in [-0.05, 0) is 55.0 Å². The van der Waals surface area contributed by atoms with Gasteiger partial charge in [0.15, 0.2) is 5.11 Å². The SMILES string of the molecule is COc1cccc([C@@H]2NC(=S)NC(C)=C2C(=O)Nc2cccc(Cl)c2)c1. The minimum absolute atomic E-state index is 0.236. The number of carbonyl (C=O) groups is 1. The van der Waals surface area contributed by atoms with Crippen LogP contribution in [-0.4, -0.2) is 18.1 Å². The Kier molecular flexibility index (Phi) is 5.44. The Morgan fingerprint density at radius 1 is 1.23 bits per heavy atom. The number of carbonyl (C=O) groups excluding carboxylic acids is 1. The molecule has 5 nitrogen and oxygen atoms in total. The highest BCUT2D eigenvalue weighted by Crippen LogP contribution is 2.30. The van der Waals surface area contributed by atoms with Crippen molar-refractivity contribution >= 4 is 40.5 Å². The van der Waals surface area contributed by atoms with Crippen molar-refractivity contribution in [1.82, 2.24) is 10.6 Å². The second kappa shape index (κ2) is 7.76. The second-order valence-corrected chi connectivity index (χ2v) is 6.66. The summed E-state index contributed by atoms with van der Waals surface area (Å²) >= 11 is 11.3. The van der Waals surface area contributed by atoms with Crippen molar-refractivity contribution in [3.05, 3.63) is 70.4 Å². The number of ether oxygens (including phenoxy) is 1. The Balaban J connectivity index is 1.96. The van der Waals surface area contributed by atoms with Gasteiger partial charge in [-0.1, -0.05) is 29.8 Å². The molecule has 2 aromatic carbocycles. The molecular formula is C19H18ClN3O2S. The standard InChI is InChI=1S/C19H18ClN3O2S/c1-11-16(18(24)22-14-7-4-6-13(20)10-14)17(23-19(26)21-11)12-5-3-8-15(9-12)25-2/h3-10,17H,1-2H3,(H,22,24)(H2,21,23,26)/t17-/m0/s1. The maximum Gasteiger partial charge on any atom is 0.255 e. The molecule has 26 heavy (non-hydrogen) atoms. The highest BCUT2D eigenvalue weighted by atomic mass is 35.5. The van der Waals surface area contributed by atoms with Gasteiger partial charge in [-0.15, -0.1) is 0 Å². The maximum atomic E-state index is 13.0. The molecule has 0 saturated carbocycles. The molecule has 0 saturated heterocycles. The van der Waals surface area contributed by atoms with Crippen LogP contribution in [0.1, 0.15) is 18.5 Å². The lowest BCUT2D eigenvalue weighted by Gasteiger charge is -2.30. The van der Waals surface area contributed by atoms with Crippen molar-refractivity contribution < 1.29 is 9.53 Å². The van der Waals surface area contributed by atoms with E-state index in [9.17, 15) is 4.79 Å². The monoisotopic (exact) mass is 387 g/mol. The van der Waals surface area contributed by atoms with Gasteiger partial charge in [0.1, 0.15) is 5.75 Å². The first-order valence-corrected chi connectivity index (χ1v) is 8.75. The molecule has 0 bridgehead atoms.